The van der Waals surface area contributed by atoms with Crippen molar-refractivity contribution in [3.63, 3.8) is 0 Å². The summed E-state index contributed by atoms with van der Waals surface area (Å²) >= 11 is 0. The lowest BCUT2D eigenvalue weighted by molar-refractivity contribution is 0.102. The summed E-state index contributed by atoms with van der Waals surface area (Å²) in [5.41, 5.74) is 1.44. The van der Waals surface area contributed by atoms with Crippen LogP contribution >= 0.6 is 0 Å². The Kier molecular flexibility index (Phi) is 4.70. The molecule has 3 rings (SSSR count). The molecule has 7 nitrogen and oxygen atoms in total. The molecule has 7 heteroatoms. The Balaban J connectivity index is 2.01. The fourth-order valence-corrected chi connectivity index (χ4v) is 2.56. The fourth-order valence-electron chi connectivity index (χ4n) is 2.56. The van der Waals surface area contributed by atoms with E-state index in [1.54, 1.807) is 24.3 Å². The SMILES string of the molecule is Cc1cccc(NC(=O)c2c(Nc3ccccc3C)[nH]c(=O)[nH]c2=O)c1. The fraction of sp³-hybridized carbons (Fsp3) is 0.105. The Bertz CT molecular complexity index is 1080. The molecule has 0 saturated heterocycles. The average molecular weight is 350 g/mol. The van der Waals surface area contributed by atoms with Gasteiger partial charge < -0.3 is 10.6 Å². The summed E-state index contributed by atoms with van der Waals surface area (Å²) in [4.78, 5) is 41.2. The van der Waals surface area contributed by atoms with E-state index in [2.05, 4.69) is 20.6 Å². The van der Waals surface area contributed by atoms with E-state index in [1.807, 2.05) is 38.1 Å². The minimum atomic E-state index is -0.769. The maximum absolute atomic E-state index is 12.7. The van der Waals surface area contributed by atoms with E-state index in [1.165, 1.54) is 0 Å². The maximum Gasteiger partial charge on any atom is 0.327 e. The number of aromatic nitrogens is 2. The lowest BCUT2D eigenvalue weighted by Gasteiger charge is -2.13. The van der Waals surface area contributed by atoms with Gasteiger partial charge in [-0.25, -0.2) is 4.79 Å². The second-order valence-corrected chi connectivity index (χ2v) is 5.92. The van der Waals surface area contributed by atoms with Gasteiger partial charge in [-0.2, -0.15) is 0 Å². The highest BCUT2D eigenvalue weighted by Gasteiger charge is 2.18. The van der Waals surface area contributed by atoms with Gasteiger partial charge in [0.1, 0.15) is 11.4 Å². The summed E-state index contributed by atoms with van der Waals surface area (Å²) < 4.78 is 0. The van der Waals surface area contributed by atoms with Gasteiger partial charge in [0.15, 0.2) is 0 Å². The van der Waals surface area contributed by atoms with Gasteiger partial charge in [0.05, 0.1) is 0 Å². The predicted molar refractivity (Wildman–Crippen MR) is 101 cm³/mol. The van der Waals surface area contributed by atoms with E-state index in [0.717, 1.165) is 11.1 Å². The van der Waals surface area contributed by atoms with Crippen LogP contribution in [0.25, 0.3) is 0 Å². The summed E-state index contributed by atoms with van der Waals surface area (Å²) in [7, 11) is 0. The van der Waals surface area contributed by atoms with Crippen molar-refractivity contribution in [3.8, 4) is 0 Å². The zero-order chi connectivity index (χ0) is 18.7. The van der Waals surface area contributed by atoms with Crippen molar-refractivity contribution < 1.29 is 4.79 Å². The van der Waals surface area contributed by atoms with Crippen LogP contribution in [0.4, 0.5) is 17.2 Å². The lowest BCUT2D eigenvalue weighted by Crippen LogP contribution is -2.32. The van der Waals surface area contributed by atoms with Gasteiger partial charge in [-0.15, -0.1) is 0 Å². The first-order valence-corrected chi connectivity index (χ1v) is 8.01. The highest BCUT2D eigenvalue weighted by Crippen LogP contribution is 2.20. The normalized spacial score (nSPS) is 10.4. The first kappa shape index (κ1) is 17.2. The van der Waals surface area contributed by atoms with Crippen molar-refractivity contribution in [2.75, 3.05) is 10.6 Å². The molecular formula is C19H18N4O3. The molecular weight excluding hydrogens is 332 g/mol. The van der Waals surface area contributed by atoms with Crippen LogP contribution in [0.2, 0.25) is 0 Å². The van der Waals surface area contributed by atoms with Crippen LogP contribution < -0.4 is 21.9 Å². The van der Waals surface area contributed by atoms with E-state index in [-0.39, 0.29) is 11.4 Å². The molecule has 0 aliphatic rings. The molecule has 26 heavy (non-hydrogen) atoms. The number of hydrogen-bond donors (Lipinski definition) is 4. The molecule has 3 aromatic rings. The molecule has 132 valence electrons. The Morgan fingerprint density at radius 2 is 1.73 bits per heavy atom. The van der Waals surface area contributed by atoms with Crippen molar-refractivity contribution in [2.45, 2.75) is 13.8 Å². The number of anilines is 3. The number of aryl methyl sites for hydroxylation is 2. The molecule has 0 radical (unpaired) electrons. The molecule has 0 fully saturated rings. The van der Waals surface area contributed by atoms with Crippen LogP contribution in [-0.2, 0) is 0 Å². The first-order chi connectivity index (χ1) is 12.4. The molecule has 0 unspecified atom stereocenters. The van der Waals surface area contributed by atoms with Gasteiger partial charge in [0, 0.05) is 11.4 Å². The molecule has 4 N–H and O–H groups in total. The Labute approximate surface area is 149 Å². The van der Waals surface area contributed by atoms with Gasteiger partial charge in [0.25, 0.3) is 11.5 Å². The Morgan fingerprint density at radius 1 is 0.962 bits per heavy atom. The van der Waals surface area contributed by atoms with Crippen molar-refractivity contribution >= 4 is 23.1 Å². The third kappa shape index (κ3) is 3.72. The number of H-pyrrole nitrogens is 2. The molecule has 0 aliphatic carbocycles. The average Bonchev–Trinajstić information content (AvgIpc) is 2.56. The lowest BCUT2D eigenvalue weighted by atomic mass is 10.2. The number of aromatic amines is 2. The van der Waals surface area contributed by atoms with Crippen LogP contribution in [-0.4, -0.2) is 15.9 Å². The van der Waals surface area contributed by atoms with E-state index in [9.17, 15) is 14.4 Å². The topological polar surface area (TPSA) is 107 Å². The second kappa shape index (κ2) is 7.10. The molecule has 0 aliphatic heterocycles. The Morgan fingerprint density at radius 3 is 2.46 bits per heavy atom. The number of amides is 1. The maximum atomic E-state index is 12.7. The van der Waals surface area contributed by atoms with E-state index < -0.39 is 17.2 Å². The van der Waals surface area contributed by atoms with Gasteiger partial charge >= 0.3 is 5.69 Å². The molecule has 1 heterocycles. The van der Waals surface area contributed by atoms with Gasteiger partial charge in [-0.05, 0) is 43.2 Å². The molecule has 1 aromatic heterocycles. The summed E-state index contributed by atoms with van der Waals surface area (Å²) in [6, 6.07) is 14.5. The Hall–Kier alpha value is -3.61. The largest absolute Gasteiger partial charge is 0.341 e. The van der Waals surface area contributed by atoms with E-state index in [4.69, 9.17) is 0 Å². The number of carbonyl (C=O) groups is 1. The first-order valence-electron chi connectivity index (χ1n) is 8.01. The van der Waals surface area contributed by atoms with Crippen LogP contribution in [0, 0.1) is 13.8 Å². The third-order valence-electron chi connectivity index (χ3n) is 3.85. The smallest absolute Gasteiger partial charge is 0.327 e. The van der Waals surface area contributed by atoms with Crippen molar-refractivity contribution in [1.82, 2.24) is 9.97 Å². The monoisotopic (exact) mass is 350 g/mol. The van der Waals surface area contributed by atoms with Crippen LogP contribution in [0.1, 0.15) is 21.5 Å². The predicted octanol–water partition coefficient (Wildman–Crippen LogP) is 2.68. The quantitative estimate of drug-likeness (QED) is 0.580. The number of nitrogens with one attached hydrogen (secondary N) is 4. The van der Waals surface area contributed by atoms with E-state index in [0.29, 0.717) is 11.4 Å². The van der Waals surface area contributed by atoms with Gasteiger partial charge in [-0.3, -0.25) is 19.6 Å². The minimum Gasteiger partial charge on any atom is -0.341 e. The standard InChI is InChI=1S/C19H18N4O3/c1-11-6-5-8-13(10-11)20-17(24)15-16(22-19(26)23-18(15)25)21-14-9-4-3-7-12(14)2/h3-10H,1-2H3,(H,20,24)(H3,21,22,23,25,26). The highest BCUT2D eigenvalue weighted by molar-refractivity contribution is 6.07. The number of benzene rings is 2. The molecule has 0 saturated carbocycles. The van der Waals surface area contributed by atoms with Crippen LogP contribution in [0.3, 0.4) is 0 Å². The summed E-state index contributed by atoms with van der Waals surface area (Å²) in [5, 5.41) is 5.64. The molecule has 0 bridgehead atoms. The molecule has 2 aromatic carbocycles. The van der Waals surface area contributed by atoms with Crippen LogP contribution in [0.15, 0.2) is 58.1 Å². The zero-order valence-electron chi connectivity index (χ0n) is 14.3. The molecule has 0 spiro atoms. The van der Waals surface area contributed by atoms with Crippen molar-refractivity contribution in [2.24, 2.45) is 0 Å². The number of hydrogen-bond acceptors (Lipinski definition) is 4. The molecule has 1 amide bonds. The summed E-state index contributed by atoms with van der Waals surface area (Å²) in [6.07, 6.45) is 0. The zero-order valence-corrected chi connectivity index (χ0v) is 14.3. The third-order valence-corrected chi connectivity index (χ3v) is 3.85. The van der Waals surface area contributed by atoms with Crippen molar-refractivity contribution in [1.29, 1.82) is 0 Å². The van der Waals surface area contributed by atoms with Crippen LogP contribution in [0.5, 0.6) is 0 Å². The number of para-hydroxylation sites is 1. The summed E-state index contributed by atoms with van der Waals surface area (Å²) in [6.45, 7) is 3.77. The van der Waals surface area contributed by atoms with Gasteiger partial charge in [-0.1, -0.05) is 30.3 Å². The van der Waals surface area contributed by atoms with Gasteiger partial charge in [0.2, 0.25) is 0 Å². The second-order valence-electron chi connectivity index (χ2n) is 5.92. The number of rotatable bonds is 4. The number of carbonyl (C=O) groups excluding carboxylic acids is 1. The minimum absolute atomic E-state index is 0.0400. The summed E-state index contributed by atoms with van der Waals surface area (Å²) in [5.74, 6) is -0.581. The van der Waals surface area contributed by atoms with Crippen molar-refractivity contribution in [3.05, 3.63) is 86.1 Å². The molecule has 0 atom stereocenters. The highest BCUT2D eigenvalue weighted by atomic mass is 16.2. The van der Waals surface area contributed by atoms with E-state index >= 15 is 0 Å².